The zero-order valence-electron chi connectivity index (χ0n) is 23.7. The van der Waals surface area contributed by atoms with Gasteiger partial charge >= 0.3 is 0 Å². The van der Waals surface area contributed by atoms with E-state index in [4.69, 9.17) is 15.0 Å². The average Bonchev–Trinajstić information content (AvgIpc) is 3.72. The summed E-state index contributed by atoms with van der Waals surface area (Å²) in [7, 11) is -3.64. The van der Waals surface area contributed by atoms with Crippen molar-refractivity contribution in [3.8, 4) is 23.0 Å². The number of para-hydroxylation sites is 2. The van der Waals surface area contributed by atoms with Gasteiger partial charge in [0.05, 0.1) is 27.1 Å². The number of nitrogens with one attached hydrogen (secondary N) is 1. The molecule has 3 heterocycles. The molecule has 0 bridgehead atoms. The fraction of sp³-hybridized carbons (Fsp3) is 0.156. The molecule has 222 valence electrons. The van der Waals surface area contributed by atoms with Crippen LogP contribution in [0.2, 0.25) is 0 Å². The third-order valence-corrected chi connectivity index (χ3v) is 8.76. The number of sulfonamides is 1. The number of hydrogen-bond donors (Lipinski definition) is 2. The monoisotopic (exact) mass is 608 g/mol. The maximum absolute atomic E-state index is 13.3. The molecule has 1 aliphatic heterocycles. The third kappa shape index (κ3) is 6.49. The van der Waals surface area contributed by atoms with E-state index in [0.717, 1.165) is 25.5 Å². The quantitative estimate of drug-likeness (QED) is 0.262. The Morgan fingerprint density at radius 3 is 2.41 bits per heavy atom. The van der Waals surface area contributed by atoms with Gasteiger partial charge < -0.3 is 10.1 Å². The van der Waals surface area contributed by atoms with E-state index >= 15 is 0 Å². The summed E-state index contributed by atoms with van der Waals surface area (Å²) < 4.78 is 29.7. The van der Waals surface area contributed by atoms with Crippen LogP contribution in [0.25, 0.3) is 39.5 Å². The summed E-state index contributed by atoms with van der Waals surface area (Å²) in [6.45, 7) is 2.09. The predicted molar refractivity (Wildman–Crippen MR) is 166 cm³/mol. The molecular weight excluding hydrogens is 580 g/mol. The van der Waals surface area contributed by atoms with Gasteiger partial charge in [0.2, 0.25) is 10.0 Å². The molecule has 11 nitrogen and oxygen atoms in total. The van der Waals surface area contributed by atoms with Gasteiger partial charge in [-0.25, -0.2) is 18.1 Å². The molecule has 1 aliphatic rings. The van der Waals surface area contributed by atoms with Crippen molar-refractivity contribution >= 4 is 38.5 Å². The van der Waals surface area contributed by atoms with Gasteiger partial charge in [-0.2, -0.15) is 14.7 Å². The second-order valence-electron chi connectivity index (χ2n) is 9.97. The summed E-state index contributed by atoms with van der Waals surface area (Å²) in [4.78, 5) is 29.1. The Labute approximate surface area is 253 Å². The Bertz CT molecular complexity index is 2070. The molecule has 0 spiro atoms. The van der Waals surface area contributed by atoms with E-state index in [-0.39, 0.29) is 21.9 Å². The molecule has 0 amide bonds. The van der Waals surface area contributed by atoms with Crippen LogP contribution >= 0.6 is 0 Å². The molecule has 44 heavy (non-hydrogen) atoms. The lowest BCUT2D eigenvalue weighted by atomic mass is 10.1. The number of H-pyrrole nitrogens is 1. The Balaban J connectivity index is 0.000000906. The highest BCUT2D eigenvalue weighted by Crippen LogP contribution is 2.30. The first-order valence-electron chi connectivity index (χ1n) is 13.7. The van der Waals surface area contributed by atoms with Crippen molar-refractivity contribution in [2.75, 3.05) is 13.1 Å². The molecule has 0 radical (unpaired) electrons. The second kappa shape index (κ2) is 12.9. The molecule has 1 saturated heterocycles. The maximum atomic E-state index is 13.3. The number of nitrogens with zero attached hydrogens (tertiary/aromatic N) is 5. The number of hydrogen-bond acceptors (Lipinski definition) is 7. The van der Waals surface area contributed by atoms with E-state index in [2.05, 4.69) is 16.0 Å². The Morgan fingerprint density at radius 2 is 1.70 bits per heavy atom. The van der Waals surface area contributed by atoms with E-state index in [1.807, 2.05) is 30.3 Å². The largest absolute Gasteiger partial charge is 0.481 e. The zero-order chi connectivity index (χ0) is 31.3. The van der Waals surface area contributed by atoms with Gasteiger partial charge in [-0.1, -0.05) is 42.5 Å². The average molecular weight is 609 g/mol. The Morgan fingerprint density at radius 1 is 1.02 bits per heavy atom. The number of nitriles is 1. The fourth-order valence-corrected chi connectivity index (χ4v) is 6.40. The molecule has 2 aromatic heterocycles. The first kappa shape index (κ1) is 30.1. The van der Waals surface area contributed by atoms with Crippen LogP contribution in [-0.4, -0.2) is 56.6 Å². The predicted octanol–water partition coefficient (Wildman–Crippen LogP) is 4.72. The maximum Gasteiger partial charge on any atom is 0.300 e. The van der Waals surface area contributed by atoms with Crippen LogP contribution in [0.15, 0.2) is 94.7 Å². The van der Waals surface area contributed by atoms with Crippen molar-refractivity contribution in [2.45, 2.75) is 24.7 Å². The van der Waals surface area contributed by atoms with Crippen LogP contribution in [0.4, 0.5) is 0 Å². The second-order valence-corrected chi connectivity index (χ2v) is 11.9. The van der Waals surface area contributed by atoms with Crippen LogP contribution in [-0.2, 0) is 14.8 Å². The molecular formula is C32H28N6O5S. The van der Waals surface area contributed by atoms with E-state index in [1.165, 1.54) is 4.31 Å². The number of aromatic nitrogens is 4. The van der Waals surface area contributed by atoms with Crippen molar-refractivity contribution < 1.29 is 18.3 Å². The summed E-state index contributed by atoms with van der Waals surface area (Å²) in [5.41, 5.74) is 2.69. The number of fused-ring (bicyclic) bond motifs is 1. The standard InChI is InChI=1S/C30H24N6O3S.C2H4O2/c31-19-22(29-32-27-14-5-4-13-26(27)30(37)33-29)17-23-20-36(24-10-2-1-3-11-24)34-28(23)21-9-8-12-25(18-21)40(38,39)35-15-6-7-16-35;1-2(3)4/h1-5,8-14,17-18,20H,6-7,15-16H2,(H,32,33,37);1H3,(H,3,4)/b22-17-;. The number of allylic oxidation sites excluding steroid dienone is 1. The number of aromatic amines is 1. The molecule has 1 fully saturated rings. The normalized spacial score (nSPS) is 13.7. The Hall–Kier alpha value is -5.38. The fourth-order valence-electron chi connectivity index (χ4n) is 4.83. The highest BCUT2D eigenvalue weighted by Gasteiger charge is 2.27. The minimum atomic E-state index is -3.64. The van der Waals surface area contributed by atoms with Crippen LogP contribution in [0, 0.1) is 11.3 Å². The molecule has 5 aromatic rings. The highest BCUT2D eigenvalue weighted by molar-refractivity contribution is 7.89. The van der Waals surface area contributed by atoms with Gasteiger partial charge in [-0.15, -0.1) is 0 Å². The number of carboxylic acids is 1. The van der Waals surface area contributed by atoms with Gasteiger partial charge in [0, 0.05) is 37.3 Å². The SMILES string of the molecule is CC(=O)O.N#C/C(=C/c1cn(-c2ccccc2)nc1-c1cccc(S(=O)(=O)N2CCCC2)c1)c1nc2ccccc2c(=O)[nH]1. The number of aliphatic carboxylic acids is 1. The van der Waals surface area contributed by atoms with Crippen LogP contribution in [0.5, 0.6) is 0 Å². The van der Waals surface area contributed by atoms with Crippen molar-refractivity contribution in [1.82, 2.24) is 24.1 Å². The molecule has 0 atom stereocenters. The number of benzene rings is 3. The van der Waals surface area contributed by atoms with Crippen LogP contribution in [0.3, 0.4) is 0 Å². The van der Waals surface area contributed by atoms with Gasteiger partial charge in [0.1, 0.15) is 11.8 Å². The number of carboxylic acid groups (broad SMARTS) is 1. The lowest BCUT2D eigenvalue weighted by Crippen LogP contribution is -2.27. The molecule has 0 saturated carbocycles. The summed E-state index contributed by atoms with van der Waals surface area (Å²) in [5.74, 6) is -0.699. The summed E-state index contributed by atoms with van der Waals surface area (Å²) in [6.07, 6.45) is 5.06. The highest BCUT2D eigenvalue weighted by atomic mass is 32.2. The summed E-state index contributed by atoms with van der Waals surface area (Å²) >= 11 is 0. The summed E-state index contributed by atoms with van der Waals surface area (Å²) in [6, 6.07) is 25.2. The van der Waals surface area contributed by atoms with Crippen molar-refractivity contribution in [2.24, 2.45) is 0 Å². The van der Waals surface area contributed by atoms with E-state index in [0.29, 0.717) is 40.8 Å². The van der Waals surface area contributed by atoms with E-state index < -0.39 is 16.0 Å². The smallest absolute Gasteiger partial charge is 0.300 e. The molecule has 12 heteroatoms. The minimum Gasteiger partial charge on any atom is -0.481 e. The minimum absolute atomic E-state index is 0.134. The van der Waals surface area contributed by atoms with Crippen molar-refractivity contribution in [3.63, 3.8) is 0 Å². The summed E-state index contributed by atoms with van der Waals surface area (Å²) in [5, 5.41) is 22.7. The molecule has 2 N–H and O–H groups in total. The lowest BCUT2D eigenvalue weighted by Gasteiger charge is -2.16. The number of rotatable bonds is 6. The lowest BCUT2D eigenvalue weighted by molar-refractivity contribution is -0.134. The first-order valence-corrected chi connectivity index (χ1v) is 15.2. The van der Waals surface area contributed by atoms with Crippen molar-refractivity contribution in [1.29, 1.82) is 5.26 Å². The van der Waals surface area contributed by atoms with Crippen LogP contribution < -0.4 is 5.56 Å². The van der Waals surface area contributed by atoms with E-state index in [1.54, 1.807) is 65.5 Å². The van der Waals surface area contributed by atoms with Crippen LogP contribution in [0.1, 0.15) is 31.2 Å². The first-order chi connectivity index (χ1) is 21.2. The topological polar surface area (TPSA) is 162 Å². The number of carbonyl (C=O) groups is 1. The molecule has 0 unspecified atom stereocenters. The molecule has 6 rings (SSSR count). The molecule has 3 aromatic carbocycles. The van der Waals surface area contributed by atoms with Gasteiger partial charge in [-0.3, -0.25) is 9.59 Å². The molecule has 0 aliphatic carbocycles. The van der Waals surface area contributed by atoms with Gasteiger partial charge in [0.15, 0.2) is 5.82 Å². The third-order valence-electron chi connectivity index (χ3n) is 6.86. The van der Waals surface area contributed by atoms with E-state index in [9.17, 15) is 18.5 Å². The van der Waals surface area contributed by atoms with Gasteiger partial charge in [0.25, 0.3) is 11.5 Å². The van der Waals surface area contributed by atoms with Crippen molar-refractivity contribution in [3.05, 3.63) is 107 Å². The Kier molecular flexibility index (Phi) is 8.80. The zero-order valence-corrected chi connectivity index (χ0v) is 24.5. The van der Waals surface area contributed by atoms with Gasteiger partial charge in [-0.05, 0) is 55.3 Å².